The molecule has 0 aliphatic heterocycles. The van der Waals surface area contributed by atoms with Crippen molar-refractivity contribution in [3.63, 3.8) is 0 Å². The molecule has 0 bridgehead atoms. The van der Waals surface area contributed by atoms with Crippen molar-refractivity contribution in [2.75, 3.05) is 0 Å². The van der Waals surface area contributed by atoms with Gasteiger partial charge in [-0.2, -0.15) is 0 Å². The van der Waals surface area contributed by atoms with Crippen molar-refractivity contribution in [3.8, 4) is 0 Å². The van der Waals surface area contributed by atoms with Crippen LogP contribution in [0, 0.1) is 5.41 Å². The maximum Gasteiger partial charge on any atom is 0.225 e. The first-order chi connectivity index (χ1) is 6.95. The lowest BCUT2D eigenvalue weighted by Crippen LogP contribution is -2.46. The van der Waals surface area contributed by atoms with Gasteiger partial charge in [-0.3, -0.25) is 4.79 Å². The number of carbonyl (C=O) groups excluding carboxylic acids is 1. The Morgan fingerprint density at radius 1 is 1.44 bits per heavy atom. The topological polar surface area (TPSA) is 55.1 Å². The number of nitrogens with one attached hydrogen (secondary N) is 1. The molecule has 1 aliphatic carbocycles. The standard InChI is InChI=1S/C12H24N2O.ClH/c1-4-12(2,3)11(15)14-10-7-5-6-9(13)8-10;/h9-10H,4-8,13H2,1-3H3,(H,14,15);1H. The highest BCUT2D eigenvalue weighted by Crippen LogP contribution is 2.22. The van der Waals surface area contributed by atoms with Gasteiger partial charge in [0.2, 0.25) is 5.91 Å². The molecule has 3 N–H and O–H groups in total. The molecule has 1 amide bonds. The zero-order chi connectivity index (χ0) is 11.5. The molecule has 0 aromatic rings. The average molecular weight is 249 g/mol. The monoisotopic (exact) mass is 248 g/mol. The highest BCUT2D eigenvalue weighted by atomic mass is 35.5. The van der Waals surface area contributed by atoms with Crippen LogP contribution in [-0.2, 0) is 4.79 Å². The first kappa shape index (κ1) is 15.7. The first-order valence-corrected chi connectivity index (χ1v) is 6.02. The maximum atomic E-state index is 11.9. The number of hydrogen-bond donors (Lipinski definition) is 2. The third-order valence-electron chi connectivity index (χ3n) is 3.55. The summed E-state index contributed by atoms with van der Waals surface area (Å²) in [7, 11) is 0. The Bertz CT molecular complexity index is 231. The van der Waals surface area contributed by atoms with Crippen LogP contribution >= 0.6 is 12.4 Å². The molecule has 1 rings (SSSR count). The Morgan fingerprint density at radius 3 is 2.56 bits per heavy atom. The molecule has 16 heavy (non-hydrogen) atoms. The summed E-state index contributed by atoms with van der Waals surface area (Å²) in [6.07, 6.45) is 5.13. The lowest BCUT2D eigenvalue weighted by molar-refractivity contribution is -0.130. The fraction of sp³-hybridized carbons (Fsp3) is 0.917. The predicted molar refractivity (Wildman–Crippen MR) is 69.7 cm³/mol. The van der Waals surface area contributed by atoms with Crippen LogP contribution in [-0.4, -0.2) is 18.0 Å². The Morgan fingerprint density at radius 2 is 2.06 bits per heavy atom. The summed E-state index contributed by atoms with van der Waals surface area (Å²) >= 11 is 0. The van der Waals surface area contributed by atoms with E-state index in [1.807, 2.05) is 20.8 Å². The summed E-state index contributed by atoms with van der Waals surface area (Å²) in [5.41, 5.74) is 5.64. The van der Waals surface area contributed by atoms with Crippen molar-refractivity contribution < 1.29 is 4.79 Å². The quantitative estimate of drug-likeness (QED) is 0.805. The minimum atomic E-state index is -0.248. The van der Waals surface area contributed by atoms with Gasteiger partial charge in [-0.15, -0.1) is 12.4 Å². The fourth-order valence-corrected chi connectivity index (χ4v) is 1.90. The van der Waals surface area contributed by atoms with Crippen LogP contribution in [0.3, 0.4) is 0 Å². The van der Waals surface area contributed by atoms with Gasteiger partial charge in [0.25, 0.3) is 0 Å². The summed E-state index contributed by atoms with van der Waals surface area (Å²) in [5.74, 6) is 0.170. The molecule has 0 spiro atoms. The van der Waals surface area contributed by atoms with Crippen molar-refractivity contribution in [1.82, 2.24) is 5.32 Å². The van der Waals surface area contributed by atoms with Gasteiger partial charge >= 0.3 is 0 Å². The van der Waals surface area contributed by atoms with Crippen LogP contribution < -0.4 is 11.1 Å². The summed E-state index contributed by atoms with van der Waals surface area (Å²) < 4.78 is 0. The molecule has 1 fully saturated rings. The van der Waals surface area contributed by atoms with E-state index in [4.69, 9.17) is 5.73 Å². The van der Waals surface area contributed by atoms with Crippen LogP contribution in [0.2, 0.25) is 0 Å². The third kappa shape index (κ3) is 4.30. The fourth-order valence-electron chi connectivity index (χ4n) is 1.90. The van der Waals surface area contributed by atoms with E-state index in [2.05, 4.69) is 5.32 Å². The van der Waals surface area contributed by atoms with E-state index in [9.17, 15) is 4.79 Å². The smallest absolute Gasteiger partial charge is 0.225 e. The molecule has 3 nitrogen and oxygen atoms in total. The van der Waals surface area contributed by atoms with Gasteiger partial charge in [-0.05, 0) is 32.1 Å². The Balaban J connectivity index is 0.00000225. The lowest BCUT2D eigenvalue weighted by Gasteiger charge is -2.31. The van der Waals surface area contributed by atoms with E-state index >= 15 is 0 Å². The molecule has 0 aromatic carbocycles. The Hall–Kier alpha value is -0.280. The van der Waals surface area contributed by atoms with Gasteiger partial charge in [-0.1, -0.05) is 20.8 Å². The van der Waals surface area contributed by atoms with E-state index < -0.39 is 0 Å². The van der Waals surface area contributed by atoms with Crippen molar-refractivity contribution in [2.45, 2.75) is 65.0 Å². The average Bonchev–Trinajstić information content (AvgIpc) is 2.17. The van der Waals surface area contributed by atoms with Crippen LogP contribution in [0.5, 0.6) is 0 Å². The van der Waals surface area contributed by atoms with Gasteiger partial charge in [-0.25, -0.2) is 0 Å². The normalized spacial score (nSPS) is 25.8. The van der Waals surface area contributed by atoms with Crippen molar-refractivity contribution in [3.05, 3.63) is 0 Å². The molecule has 96 valence electrons. The molecule has 4 heteroatoms. The lowest BCUT2D eigenvalue weighted by atomic mass is 9.87. The molecule has 2 unspecified atom stereocenters. The number of nitrogens with two attached hydrogens (primary N) is 1. The zero-order valence-corrected chi connectivity index (χ0v) is 11.4. The molecule has 1 saturated carbocycles. The number of amides is 1. The molecular formula is C12H25ClN2O. The van der Waals surface area contributed by atoms with E-state index in [-0.39, 0.29) is 29.8 Å². The van der Waals surface area contributed by atoms with Crippen LogP contribution in [0.4, 0.5) is 0 Å². The molecule has 1 aliphatic rings. The second-order valence-electron chi connectivity index (χ2n) is 5.33. The second-order valence-corrected chi connectivity index (χ2v) is 5.33. The first-order valence-electron chi connectivity index (χ1n) is 6.02. The minimum Gasteiger partial charge on any atom is -0.353 e. The number of carbonyl (C=O) groups is 1. The second kappa shape index (κ2) is 6.45. The molecule has 0 radical (unpaired) electrons. The number of rotatable bonds is 3. The maximum absolute atomic E-state index is 11.9. The Kier molecular flexibility index (Phi) is 6.34. The highest BCUT2D eigenvalue weighted by Gasteiger charge is 2.28. The Labute approximate surface area is 105 Å². The van der Waals surface area contributed by atoms with E-state index in [0.29, 0.717) is 6.04 Å². The van der Waals surface area contributed by atoms with Gasteiger partial charge in [0.1, 0.15) is 0 Å². The van der Waals surface area contributed by atoms with E-state index in [1.54, 1.807) is 0 Å². The zero-order valence-electron chi connectivity index (χ0n) is 10.6. The summed E-state index contributed by atoms with van der Waals surface area (Å²) in [4.78, 5) is 11.9. The van der Waals surface area contributed by atoms with E-state index in [0.717, 1.165) is 32.1 Å². The van der Waals surface area contributed by atoms with Gasteiger partial charge in [0.05, 0.1) is 0 Å². The van der Waals surface area contributed by atoms with Gasteiger partial charge in [0, 0.05) is 17.5 Å². The van der Waals surface area contributed by atoms with Crippen molar-refractivity contribution in [1.29, 1.82) is 0 Å². The molecule has 0 heterocycles. The summed E-state index contributed by atoms with van der Waals surface area (Å²) in [6, 6.07) is 0.570. The molecule has 2 atom stereocenters. The van der Waals surface area contributed by atoms with Gasteiger partial charge in [0.15, 0.2) is 0 Å². The molecule has 0 aromatic heterocycles. The van der Waals surface area contributed by atoms with Crippen LogP contribution in [0.1, 0.15) is 52.9 Å². The number of halogens is 1. The predicted octanol–water partition coefficient (Wildman–Crippen LogP) is 2.23. The van der Waals surface area contributed by atoms with Gasteiger partial charge < -0.3 is 11.1 Å². The molecule has 0 saturated heterocycles. The third-order valence-corrected chi connectivity index (χ3v) is 3.55. The number of hydrogen-bond acceptors (Lipinski definition) is 2. The van der Waals surface area contributed by atoms with Crippen molar-refractivity contribution in [2.24, 2.45) is 11.1 Å². The minimum absolute atomic E-state index is 0. The van der Waals surface area contributed by atoms with E-state index in [1.165, 1.54) is 0 Å². The van der Waals surface area contributed by atoms with Crippen LogP contribution in [0.25, 0.3) is 0 Å². The van der Waals surface area contributed by atoms with Crippen molar-refractivity contribution >= 4 is 18.3 Å². The SMILES string of the molecule is CCC(C)(C)C(=O)NC1CCCC(N)C1.Cl. The summed E-state index contributed by atoms with van der Waals surface area (Å²) in [6.45, 7) is 6.03. The largest absolute Gasteiger partial charge is 0.353 e. The van der Waals surface area contributed by atoms with Crippen LogP contribution in [0.15, 0.2) is 0 Å². The highest BCUT2D eigenvalue weighted by molar-refractivity contribution is 5.85. The summed E-state index contributed by atoms with van der Waals surface area (Å²) in [5, 5.41) is 3.12. The molecular weight excluding hydrogens is 224 g/mol.